The molecule has 1 heterocycles. The zero-order chi connectivity index (χ0) is 13.2. The first-order chi connectivity index (χ1) is 8.72. The quantitative estimate of drug-likeness (QED) is 0.241. The van der Waals surface area contributed by atoms with Gasteiger partial charge < -0.3 is 15.8 Å². The van der Waals surface area contributed by atoms with Gasteiger partial charge in [-0.2, -0.15) is 0 Å². The monoisotopic (exact) mass is 250 g/mol. The lowest BCUT2D eigenvalue weighted by atomic mass is 10.2. The molecule has 0 radical (unpaired) electrons. The Morgan fingerprint density at radius 1 is 1.39 bits per heavy atom. The van der Waals surface area contributed by atoms with Gasteiger partial charge in [-0.15, -0.1) is 0 Å². The molecular weight excluding hydrogens is 228 g/mol. The number of nitrogens with zero attached hydrogens (tertiary/aromatic N) is 3. The van der Waals surface area contributed by atoms with Gasteiger partial charge in [-0.1, -0.05) is 11.2 Å². The van der Waals surface area contributed by atoms with Gasteiger partial charge in [0.25, 0.3) is 0 Å². The summed E-state index contributed by atoms with van der Waals surface area (Å²) in [5.41, 5.74) is 6.53. The van der Waals surface area contributed by atoms with Crippen LogP contribution in [0.15, 0.2) is 29.6 Å². The first-order valence-electron chi connectivity index (χ1n) is 6.27. The lowest BCUT2D eigenvalue weighted by Crippen LogP contribution is -2.23. The van der Waals surface area contributed by atoms with Crippen molar-refractivity contribution in [2.75, 3.05) is 20.1 Å². The van der Waals surface area contributed by atoms with Crippen LogP contribution < -0.4 is 5.73 Å². The van der Waals surface area contributed by atoms with Crippen molar-refractivity contribution in [2.24, 2.45) is 10.9 Å². The molecule has 0 bridgehead atoms. The SMILES string of the molecule is CN(CCCC/C(N)=N/O)CCc1ccccn1. The summed E-state index contributed by atoms with van der Waals surface area (Å²) >= 11 is 0. The van der Waals surface area contributed by atoms with Crippen LogP contribution in [0.1, 0.15) is 25.0 Å². The van der Waals surface area contributed by atoms with Crippen molar-refractivity contribution < 1.29 is 5.21 Å². The Labute approximate surface area is 108 Å². The summed E-state index contributed by atoms with van der Waals surface area (Å²) in [6.07, 6.45) is 5.45. The van der Waals surface area contributed by atoms with E-state index >= 15 is 0 Å². The van der Waals surface area contributed by atoms with E-state index in [4.69, 9.17) is 10.9 Å². The van der Waals surface area contributed by atoms with Crippen LogP contribution in [0.2, 0.25) is 0 Å². The molecule has 0 aliphatic heterocycles. The molecule has 18 heavy (non-hydrogen) atoms. The number of oxime groups is 1. The van der Waals surface area contributed by atoms with E-state index in [0.717, 1.165) is 38.0 Å². The number of unbranched alkanes of at least 4 members (excludes halogenated alkanes) is 1. The lowest BCUT2D eigenvalue weighted by Gasteiger charge is -2.15. The smallest absolute Gasteiger partial charge is 0.139 e. The fourth-order valence-electron chi connectivity index (χ4n) is 1.70. The van der Waals surface area contributed by atoms with Gasteiger partial charge in [-0.05, 0) is 38.6 Å². The normalized spacial score (nSPS) is 12.0. The van der Waals surface area contributed by atoms with Crippen molar-refractivity contribution in [1.82, 2.24) is 9.88 Å². The third-order valence-electron chi connectivity index (χ3n) is 2.83. The molecule has 0 aromatic carbocycles. The van der Waals surface area contributed by atoms with Crippen LogP contribution in [-0.4, -0.2) is 41.1 Å². The average Bonchev–Trinajstić information content (AvgIpc) is 2.42. The van der Waals surface area contributed by atoms with E-state index in [1.165, 1.54) is 0 Å². The third-order valence-corrected chi connectivity index (χ3v) is 2.83. The maximum Gasteiger partial charge on any atom is 0.139 e. The molecule has 0 unspecified atom stereocenters. The average molecular weight is 250 g/mol. The molecular formula is C13H22N4O. The summed E-state index contributed by atoms with van der Waals surface area (Å²) in [4.78, 5) is 6.57. The Morgan fingerprint density at radius 2 is 2.22 bits per heavy atom. The molecule has 1 aromatic heterocycles. The Balaban J connectivity index is 2.09. The summed E-state index contributed by atoms with van der Waals surface area (Å²) in [5.74, 6) is 0.311. The third kappa shape index (κ3) is 6.20. The largest absolute Gasteiger partial charge is 0.409 e. The number of amidine groups is 1. The second-order valence-electron chi connectivity index (χ2n) is 4.42. The number of nitrogens with two attached hydrogens (primary N) is 1. The zero-order valence-corrected chi connectivity index (χ0v) is 10.9. The minimum atomic E-state index is 0.311. The van der Waals surface area contributed by atoms with Crippen LogP contribution in [0.25, 0.3) is 0 Å². The Kier molecular flexibility index (Phi) is 6.79. The molecule has 1 rings (SSSR count). The molecule has 0 aliphatic rings. The van der Waals surface area contributed by atoms with Gasteiger partial charge in [0, 0.05) is 31.3 Å². The van der Waals surface area contributed by atoms with Crippen molar-refractivity contribution in [2.45, 2.75) is 25.7 Å². The highest BCUT2D eigenvalue weighted by molar-refractivity contribution is 5.79. The van der Waals surface area contributed by atoms with E-state index in [1.54, 1.807) is 0 Å². The van der Waals surface area contributed by atoms with E-state index in [0.29, 0.717) is 12.3 Å². The maximum atomic E-state index is 8.40. The number of rotatable bonds is 8. The number of hydrogen-bond donors (Lipinski definition) is 2. The van der Waals surface area contributed by atoms with Gasteiger partial charge in [0.15, 0.2) is 0 Å². The number of aromatic nitrogens is 1. The van der Waals surface area contributed by atoms with Crippen LogP contribution in [0.4, 0.5) is 0 Å². The summed E-state index contributed by atoms with van der Waals surface area (Å²) in [7, 11) is 2.10. The fraction of sp³-hybridized carbons (Fsp3) is 0.538. The molecule has 5 nitrogen and oxygen atoms in total. The van der Waals surface area contributed by atoms with Gasteiger partial charge in [0.2, 0.25) is 0 Å². The minimum Gasteiger partial charge on any atom is -0.409 e. The summed E-state index contributed by atoms with van der Waals surface area (Å²) in [6, 6.07) is 5.99. The zero-order valence-electron chi connectivity index (χ0n) is 10.9. The molecule has 0 saturated carbocycles. The Bertz CT molecular complexity index is 353. The molecule has 0 amide bonds. The van der Waals surface area contributed by atoms with Crippen molar-refractivity contribution in [3.63, 3.8) is 0 Å². The highest BCUT2D eigenvalue weighted by atomic mass is 16.4. The molecule has 0 atom stereocenters. The van der Waals surface area contributed by atoms with Gasteiger partial charge >= 0.3 is 0 Å². The summed E-state index contributed by atoms with van der Waals surface area (Å²) in [5, 5.41) is 11.4. The molecule has 5 heteroatoms. The predicted molar refractivity (Wildman–Crippen MR) is 72.7 cm³/mol. The second-order valence-corrected chi connectivity index (χ2v) is 4.42. The minimum absolute atomic E-state index is 0.311. The topological polar surface area (TPSA) is 74.7 Å². The van der Waals surface area contributed by atoms with Crippen molar-refractivity contribution in [3.05, 3.63) is 30.1 Å². The van der Waals surface area contributed by atoms with Crippen LogP contribution in [0.5, 0.6) is 0 Å². The van der Waals surface area contributed by atoms with Crippen LogP contribution in [0.3, 0.4) is 0 Å². The number of pyridine rings is 1. The molecule has 0 aliphatic carbocycles. The van der Waals surface area contributed by atoms with E-state index in [-0.39, 0.29) is 0 Å². The van der Waals surface area contributed by atoms with Crippen LogP contribution in [-0.2, 0) is 6.42 Å². The maximum absolute atomic E-state index is 8.40. The Morgan fingerprint density at radius 3 is 2.89 bits per heavy atom. The first-order valence-corrected chi connectivity index (χ1v) is 6.27. The van der Waals surface area contributed by atoms with Crippen LogP contribution in [0, 0.1) is 0 Å². The van der Waals surface area contributed by atoms with E-state index in [1.807, 2.05) is 24.4 Å². The van der Waals surface area contributed by atoms with E-state index < -0.39 is 0 Å². The molecule has 100 valence electrons. The van der Waals surface area contributed by atoms with Gasteiger partial charge in [-0.3, -0.25) is 4.98 Å². The van der Waals surface area contributed by atoms with Crippen molar-refractivity contribution in [3.8, 4) is 0 Å². The predicted octanol–water partition coefficient (Wildman–Crippen LogP) is 1.47. The fourth-order valence-corrected chi connectivity index (χ4v) is 1.70. The molecule has 0 spiro atoms. The van der Waals surface area contributed by atoms with Gasteiger partial charge in [0.05, 0.1) is 0 Å². The van der Waals surface area contributed by atoms with E-state index in [2.05, 4.69) is 22.1 Å². The molecule has 0 saturated heterocycles. The van der Waals surface area contributed by atoms with Crippen molar-refractivity contribution >= 4 is 5.84 Å². The van der Waals surface area contributed by atoms with E-state index in [9.17, 15) is 0 Å². The molecule has 0 fully saturated rings. The van der Waals surface area contributed by atoms with Gasteiger partial charge in [0.1, 0.15) is 5.84 Å². The van der Waals surface area contributed by atoms with Crippen LogP contribution >= 0.6 is 0 Å². The molecule has 3 N–H and O–H groups in total. The molecule has 1 aromatic rings. The first kappa shape index (κ1) is 14.4. The van der Waals surface area contributed by atoms with Gasteiger partial charge in [-0.25, -0.2) is 0 Å². The second kappa shape index (κ2) is 8.47. The number of hydrogen-bond acceptors (Lipinski definition) is 4. The summed E-state index contributed by atoms with van der Waals surface area (Å²) in [6.45, 7) is 2.02. The summed E-state index contributed by atoms with van der Waals surface area (Å²) < 4.78 is 0. The number of likely N-dealkylation sites (N-methyl/N-ethyl adjacent to an activating group) is 1. The highest BCUT2D eigenvalue weighted by Crippen LogP contribution is 2.00. The lowest BCUT2D eigenvalue weighted by molar-refractivity contribution is 0.314. The van der Waals surface area contributed by atoms with Crippen molar-refractivity contribution in [1.29, 1.82) is 0 Å². The standard InChI is InChI=1S/C13H22N4O/c1-17(10-5-3-7-13(14)16-18)11-8-12-6-2-4-9-15-12/h2,4,6,9,18H,3,5,7-8,10-11H2,1H3,(H2,14,16). The Hall–Kier alpha value is -1.62. The highest BCUT2D eigenvalue weighted by Gasteiger charge is 2.00.